The van der Waals surface area contributed by atoms with Crippen molar-refractivity contribution in [2.45, 2.75) is 45.8 Å². The minimum Gasteiger partial charge on any atom is -0.496 e. The van der Waals surface area contributed by atoms with E-state index in [0.29, 0.717) is 11.3 Å². The molecule has 0 spiro atoms. The van der Waals surface area contributed by atoms with Crippen LogP contribution in [0.25, 0.3) is 0 Å². The SMILES string of the molecule is COc1ccc(B2OC(C)(C)C(C)(C)O2)c(C)c1C=O. The zero-order valence-electron chi connectivity index (χ0n) is 12.9. The van der Waals surface area contributed by atoms with Crippen LogP contribution < -0.4 is 10.2 Å². The van der Waals surface area contributed by atoms with Crippen LogP contribution in [0.5, 0.6) is 5.75 Å². The molecule has 1 aromatic rings. The molecule has 108 valence electrons. The summed E-state index contributed by atoms with van der Waals surface area (Å²) in [6.07, 6.45) is 0.808. The molecule has 20 heavy (non-hydrogen) atoms. The standard InChI is InChI=1S/C15H21BO4/c1-10-11(9-17)13(18-6)8-7-12(10)16-19-14(2,3)15(4,5)20-16/h7-9H,1-6H3. The van der Waals surface area contributed by atoms with E-state index in [1.54, 1.807) is 13.2 Å². The maximum atomic E-state index is 11.3. The number of benzene rings is 1. The number of ether oxygens (including phenoxy) is 1. The molecule has 0 N–H and O–H groups in total. The van der Waals surface area contributed by atoms with E-state index in [-0.39, 0.29) is 0 Å². The van der Waals surface area contributed by atoms with Gasteiger partial charge < -0.3 is 14.0 Å². The van der Waals surface area contributed by atoms with Gasteiger partial charge in [-0.1, -0.05) is 6.07 Å². The van der Waals surface area contributed by atoms with Crippen LogP contribution in [0.1, 0.15) is 43.6 Å². The molecule has 1 saturated heterocycles. The Kier molecular flexibility index (Phi) is 3.69. The summed E-state index contributed by atoms with van der Waals surface area (Å²) in [5, 5.41) is 0. The van der Waals surface area contributed by atoms with Crippen molar-refractivity contribution in [2.24, 2.45) is 0 Å². The molecule has 1 heterocycles. The Morgan fingerprint density at radius 1 is 1.15 bits per heavy atom. The number of carbonyl (C=O) groups is 1. The van der Waals surface area contributed by atoms with E-state index >= 15 is 0 Å². The molecule has 0 aliphatic carbocycles. The number of methoxy groups -OCH3 is 1. The van der Waals surface area contributed by atoms with Crippen molar-refractivity contribution in [3.05, 3.63) is 23.3 Å². The smallest absolute Gasteiger partial charge is 0.495 e. The van der Waals surface area contributed by atoms with Crippen molar-refractivity contribution in [1.29, 1.82) is 0 Å². The zero-order chi connectivity index (χ0) is 15.1. The fourth-order valence-corrected chi connectivity index (χ4v) is 2.27. The van der Waals surface area contributed by atoms with Crippen LogP contribution in [-0.2, 0) is 9.31 Å². The molecule has 0 aromatic heterocycles. The molecule has 0 atom stereocenters. The maximum absolute atomic E-state index is 11.3. The van der Waals surface area contributed by atoms with Crippen LogP contribution in [0.15, 0.2) is 12.1 Å². The number of rotatable bonds is 3. The quantitative estimate of drug-likeness (QED) is 0.626. The Morgan fingerprint density at radius 2 is 1.70 bits per heavy atom. The molecule has 0 radical (unpaired) electrons. The van der Waals surface area contributed by atoms with Crippen molar-refractivity contribution in [1.82, 2.24) is 0 Å². The van der Waals surface area contributed by atoms with Crippen LogP contribution in [0, 0.1) is 6.92 Å². The average molecular weight is 276 g/mol. The highest BCUT2D eigenvalue weighted by atomic mass is 16.7. The maximum Gasteiger partial charge on any atom is 0.495 e. The van der Waals surface area contributed by atoms with Gasteiger partial charge in [0.05, 0.1) is 23.9 Å². The third-order valence-corrected chi connectivity index (χ3v) is 4.36. The summed E-state index contributed by atoms with van der Waals surface area (Å²) in [5.41, 5.74) is 1.45. The third-order valence-electron chi connectivity index (χ3n) is 4.36. The summed E-state index contributed by atoms with van der Waals surface area (Å²) in [7, 11) is 1.08. The van der Waals surface area contributed by atoms with Crippen LogP contribution in [0.2, 0.25) is 0 Å². The topological polar surface area (TPSA) is 44.8 Å². The van der Waals surface area contributed by atoms with Crippen LogP contribution in [-0.4, -0.2) is 31.7 Å². The van der Waals surface area contributed by atoms with Crippen LogP contribution >= 0.6 is 0 Å². The fourth-order valence-electron chi connectivity index (χ4n) is 2.27. The van der Waals surface area contributed by atoms with Gasteiger partial charge in [0, 0.05) is 0 Å². The highest BCUT2D eigenvalue weighted by Gasteiger charge is 2.52. The van der Waals surface area contributed by atoms with E-state index in [0.717, 1.165) is 17.3 Å². The molecule has 2 rings (SSSR count). The van der Waals surface area contributed by atoms with Crippen LogP contribution in [0.3, 0.4) is 0 Å². The lowest BCUT2D eigenvalue weighted by Crippen LogP contribution is -2.41. The number of hydrogen-bond donors (Lipinski definition) is 0. The van der Waals surface area contributed by atoms with Gasteiger partial charge in [-0.3, -0.25) is 4.79 Å². The van der Waals surface area contributed by atoms with Gasteiger partial charge in [0.25, 0.3) is 0 Å². The Labute approximate surface area is 120 Å². The van der Waals surface area contributed by atoms with Crippen molar-refractivity contribution < 1.29 is 18.8 Å². The Balaban J connectivity index is 2.44. The number of carbonyl (C=O) groups excluding carboxylic acids is 1. The van der Waals surface area contributed by atoms with Gasteiger partial charge in [-0.2, -0.15) is 0 Å². The first-order chi connectivity index (χ1) is 9.23. The first-order valence-electron chi connectivity index (χ1n) is 6.72. The molecule has 0 saturated carbocycles. The second-order valence-electron chi connectivity index (χ2n) is 6.10. The van der Waals surface area contributed by atoms with E-state index in [2.05, 4.69) is 0 Å². The van der Waals surface area contributed by atoms with E-state index in [4.69, 9.17) is 14.0 Å². The third kappa shape index (κ3) is 2.25. The molecule has 1 fully saturated rings. The van der Waals surface area contributed by atoms with E-state index in [1.165, 1.54) is 0 Å². The molecule has 4 nitrogen and oxygen atoms in total. The zero-order valence-corrected chi connectivity index (χ0v) is 12.9. The van der Waals surface area contributed by atoms with Gasteiger partial charge in [-0.05, 0) is 51.7 Å². The second kappa shape index (κ2) is 4.90. The number of hydrogen-bond acceptors (Lipinski definition) is 4. The summed E-state index contributed by atoms with van der Waals surface area (Å²) in [4.78, 5) is 11.3. The largest absolute Gasteiger partial charge is 0.496 e. The van der Waals surface area contributed by atoms with E-state index < -0.39 is 18.3 Å². The van der Waals surface area contributed by atoms with Gasteiger partial charge in [-0.25, -0.2) is 0 Å². The summed E-state index contributed by atoms with van der Waals surface area (Å²) < 4.78 is 17.3. The highest BCUT2D eigenvalue weighted by molar-refractivity contribution is 6.62. The summed E-state index contributed by atoms with van der Waals surface area (Å²) in [5.74, 6) is 0.567. The van der Waals surface area contributed by atoms with Crippen molar-refractivity contribution in [2.75, 3.05) is 7.11 Å². The van der Waals surface area contributed by atoms with Crippen molar-refractivity contribution in [3.8, 4) is 5.75 Å². The van der Waals surface area contributed by atoms with E-state index in [1.807, 2.05) is 40.7 Å². The monoisotopic (exact) mass is 276 g/mol. The molecule has 0 bridgehead atoms. The molecule has 0 unspecified atom stereocenters. The first-order valence-corrected chi connectivity index (χ1v) is 6.72. The van der Waals surface area contributed by atoms with Gasteiger partial charge >= 0.3 is 7.12 Å². The predicted molar refractivity (Wildman–Crippen MR) is 78.8 cm³/mol. The molecule has 1 aromatic carbocycles. The van der Waals surface area contributed by atoms with Gasteiger partial charge in [0.15, 0.2) is 6.29 Å². The lowest BCUT2D eigenvalue weighted by molar-refractivity contribution is 0.00578. The first kappa shape index (κ1) is 15.1. The fraction of sp³-hybridized carbons (Fsp3) is 0.533. The van der Waals surface area contributed by atoms with Crippen LogP contribution in [0.4, 0.5) is 0 Å². The molecular formula is C15H21BO4. The minimum atomic E-state index is -0.468. The molecule has 5 heteroatoms. The predicted octanol–water partition coefficient (Wildman–Crippen LogP) is 2.12. The highest BCUT2D eigenvalue weighted by Crippen LogP contribution is 2.37. The molecule has 0 amide bonds. The lowest BCUT2D eigenvalue weighted by atomic mass is 9.75. The Bertz CT molecular complexity index is 521. The van der Waals surface area contributed by atoms with Gasteiger partial charge in [0.1, 0.15) is 5.75 Å². The van der Waals surface area contributed by atoms with Gasteiger partial charge in [0.2, 0.25) is 0 Å². The summed E-state index contributed by atoms with van der Waals surface area (Å²) >= 11 is 0. The van der Waals surface area contributed by atoms with Gasteiger partial charge in [-0.15, -0.1) is 0 Å². The second-order valence-corrected chi connectivity index (χ2v) is 6.10. The molecule has 1 aliphatic heterocycles. The van der Waals surface area contributed by atoms with Crippen molar-refractivity contribution in [3.63, 3.8) is 0 Å². The average Bonchev–Trinajstić information content (AvgIpc) is 2.57. The van der Waals surface area contributed by atoms with Crippen molar-refractivity contribution >= 4 is 18.9 Å². The molecular weight excluding hydrogens is 255 g/mol. The molecule has 1 aliphatic rings. The van der Waals surface area contributed by atoms with E-state index in [9.17, 15) is 4.79 Å². The number of aldehydes is 1. The minimum absolute atomic E-state index is 0.397. The summed E-state index contributed by atoms with van der Waals surface area (Å²) in [6.45, 7) is 9.91. The lowest BCUT2D eigenvalue weighted by Gasteiger charge is -2.32. The Hall–Kier alpha value is -1.33. The Morgan fingerprint density at radius 3 is 2.15 bits per heavy atom. The normalized spacial score (nSPS) is 20.0. The summed E-state index contributed by atoms with van der Waals surface area (Å²) in [6, 6.07) is 3.67.